The van der Waals surface area contributed by atoms with Crippen LogP contribution in [-0.2, 0) is 10.1 Å². The molecular weight excluding hydrogens is 312 g/mol. The zero-order valence-corrected chi connectivity index (χ0v) is 15.8. The molecule has 0 fully saturated rings. The lowest BCUT2D eigenvalue weighted by atomic mass is 10.0. The second kappa shape index (κ2) is 15.4. The molecule has 0 rings (SSSR count). The first-order valence-electron chi connectivity index (χ1n) is 9.59. The summed E-state index contributed by atoms with van der Waals surface area (Å²) >= 11 is 0. The SMILES string of the molecule is CCCCCCCCCCCCCCCCC(O)CS(=O)(=O)O. The van der Waals surface area contributed by atoms with Crippen molar-refractivity contribution in [2.24, 2.45) is 0 Å². The molecule has 23 heavy (non-hydrogen) atoms. The van der Waals surface area contributed by atoms with Gasteiger partial charge in [-0.25, -0.2) is 0 Å². The Labute approximate surface area is 143 Å². The summed E-state index contributed by atoms with van der Waals surface area (Å²) < 4.78 is 29.8. The topological polar surface area (TPSA) is 74.6 Å². The van der Waals surface area contributed by atoms with Gasteiger partial charge in [-0.2, -0.15) is 8.42 Å². The Bertz CT molecular complexity index is 341. The minimum absolute atomic E-state index is 0.456. The first-order valence-corrected chi connectivity index (χ1v) is 11.2. The smallest absolute Gasteiger partial charge is 0.267 e. The monoisotopic (exact) mass is 350 g/mol. The summed E-state index contributed by atoms with van der Waals surface area (Å²) in [7, 11) is -4.04. The molecule has 4 nitrogen and oxygen atoms in total. The Morgan fingerprint density at radius 2 is 1.04 bits per heavy atom. The molecule has 0 heterocycles. The standard InChI is InChI=1S/C18H38O4S/c1-2-3-4-5-6-7-8-9-10-11-12-13-14-15-16-18(19)17-23(20,21)22/h18-19H,2-17H2,1H3,(H,20,21,22). The van der Waals surface area contributed by atoms with Gasteiger partial charge in [-0.3, -0.25) is 4.55 Å². The number of unbranched alkanes of at least 4 members (excludes halogenated alkanes) is 13. The first-order chi connectivity index (χ1) is 11.0. The lowest BCUT2D eigenvalue weighted by molar-refractivity contribution is 0.180. The Morgan fingerprint density at radius 1 is 0.696 bits per heavy atom. The van der Waals surface area contributed by atoms with Crippen LogP contribution < -0.4 is 0 Å². The molecule has 0 aromatic rings. The van der Waals surface area contributed by atoms with Crippen molar-refractivity contribution in [3.8, 4) is 0 Å². The van der Waals surface area contributed by atoms with Gasteiger partial charge in [0.25, 0.3) is 10.1 Å². The maximum absolute atomic E-state index is 10.6. The van der Waals surface area contributed by atoms with Crippen molar-refractivity contribution >= 4 is 10.1 Å². The summed E-state index contributed by atoms with van der Waals surface area (Å²) in [6.07, 6.45) is 17.4. The van der Waals surface area contributed by atoms with Crippen LogP contribution in [0.2, 0.25) is 0 Å². The summed E-state index contributed by atoms with van der Waals surface area (Å²) in [4.78, 5) is 0. The van der Waals surface area contributed by atoms with Gasteiger partial charge in [0.2, 0.25) is 0 Å². The first kappa shape index (κ1) is 22.9. The van der Waals surface area contributed by atoms with Gasteiger partial charge in [0.1, 0.15) is 5.75 Å². The van der Waals surface area contributed by atoms with Crippen LogP contribution in [0.5, 0.6) is 0 Å². The van der Waals surface area contributed by atoms with E-state index >= 15 is 0 Å². The van der Waals surface area contributed by atoms with Gasteiger partial charge in [-0.15, -0.1) is 0 Å². The van der Waals surface area contributed by atoms with Gasteiger partial charge in [0.05, 0.1) is 6.10 Å². The quantitative estimate of drug-likeness (QED) is 0.282. The number of hydrogen-bond acceptors (Lipinski definition) is 3. The van der Waals surface area contributed by atoms with Crippen LogP contribution in [0.15, 0.2) is 0 Å². The number of rotatable bonds is 17. The second-order valence-electron chi connectivity index (χ2n) is 6.79. The molecular formula is C18H38O4S. The van der Waals surface area contributed by atoms with E-state index in [1.165, 1.54) is 70.6 Å². The maximum atomic E-state index is 10.6. The van der Waals surface area contributed by atoms with Gasteiger partial charge >= 0.3 is 0 Å². The summed E-state index contributed by atoms with van der Waals surface area (Å²) in [5.74, 6) is -0.536. The zero-order valence-electron chi connectivity index (χ0n) is 15.0. The van der Waals surface area contributed by atoms with Gasteiger partial charge in [0.15, 0.2) is 0 Å². The van der Waals surface area contributed by atoms with Crippen LogP contribution in [0.25, 0.3) is 0 Å². The summed E-state index contributed by atoms with van der Waals surface area (Å²) in [6, 6.07) is 0. The minimum Gasteiger partial charge on any atom is -0.392 e. The van der Waals surface area contributed by atoms with Crippen LogP contribution in [0.3, 0.4) is 0 Å². The third-order valence-electron chi connectivity index (χ3n) is 4.29. The highest BCUT2D eigenvalue weighted by Crippen LogP contribution is 2.13. The van der Waals surface area contributed by atoms with E-state index in [1.54, 1.807) is 0 Å². The van der Waals surface area contributed by atoms with Gasteiger partial charge in [-0.1, -0.05) is 96.8 Å². The van der Waals surface area contributed by atoms with E-state index in [-0.39, 0.29) is 0 Å². The third-order valence-corrected chi connectivity index (χ3v) is 5.10. The van der Waals surface area contributed by atoms with Gasteiger partial charge < -0.3 is 5.11 Å². The lowest BCUT2D eigenvalue weighted by Gasteiger charge is -2.08. The van der Waals surface area contributed by atoms with E-state index in [2.05, 4.69) is 6.92 Å². The third kappa shape index (κ3) is 19.8. The summed E-state index contributed by atoms with van der Waals surface area (Å²) in [6.45, 7) is 2.25. The van der Waals surface area contributed by atoms with Crippen LogP contribution in [0.1, 0.15) is 103 Å². The highest BCUT2D eigenvalue weighted by molar-refractivity contribution is 7.85. The molecule has 0 amide bonds. The molecule has 0 aromatic carbocycles. The zero-order chi connectivity index (χ0) is 17.4. The van der Waals surface area contributed by atoms with E-state index in [0.29, 0.717) is 6.42 Å². The van der Waals surface area contributed by atoms with Crippen LogP contribution in [-0.4, -0.2) is 29.9 Å². The van der Waals surface area contributed by atoms with Crippen molar-refractivity contribution < 1.29 is 18.1 Å². The van der Waals surface area contributed by atoms with Gasteiger partial charge in [-0.05, 0) is 6.42 Å². The van der Waals surface area contributed by atoms with Crippen molar-refractivity contribution in [3.63, 3.8) is 0 Å². The molecule has 2 N–H and O–H groups in total. The average Bonchev–Trinajstić information content (AvgIpc) is 2.46. The predicted octanol–water partition coefficient (Wildman–Crippen LogP) is 5.11. The molecule has 0 radical (unpaired) electrons. The van der Waals surface area contributed by atoms with Crippen LogP contribution in [0.4, 0.5) is 0 Å². The molecule has 0 bridgehead atoms. The van der Waals surface area contributed by atoms with E-state index in [9.17, 15) is 13.5 Å². The Balaban J connectivity index is 3.16. The highest BCUT2D eigenvalue weighted by Gasteiger charge is 2.13. The highest BCUT2D eigenvalue weighted by atomic mass is 32.2. The molecule has 1 atom stereocenters. The molecule has 5 heteroatoms. The predicted molar refractivity (Wildman–Crippen MR) is 97.4 cm³/mol. The van der Waals surface area contributed by atoms with E-state index in [4.69, 9.17) is 4.55 Å². The average molecular weight is 351 g/mol. The Kier molecular flexibility index (Phi) is 15.3. The maximum Gasteiger partial charge on any atom is 0.267 e. The minimum atomic E-state index is -4.04. The van der Waals surface area contributed by atoms with Crippen molar-refractivity contribution in [1.82, 2.24) is 0 Å². The molecule has 0 spiro atoms. The number of aliphatic hydroxyl groups excluding tert-OH is 1. The Morgan fingerprint density at radius 3 is 1.39 bits per heavy atom. The van der Waals surface area contributed by atoms with E-state index in [0.717, 1.165) is 19.3 Å². The largest absolute Gasteiger partial charge is 0.392 e. The fourth-order valence-electron chi connectivity index (χ4n) is 2.90. The van der Waals surface area contributed by atoms with Crippen LogP contribution >= 0.6 is 0 Å². The molecule has 1 unspecified atom stereocenters. The molecule has 0 aliphatic rings. The molecule has 0 saturated carbocycles. The van der Waals surface area contributed by atoms with Gasteiger partial charge in [0, 0.05) is 0 Å². The molecule has 0 aliphatic heterocycles. The molecule has 140 valence electrons. The second-order valence-corrected chi connectivity index (χ2v) is 8.28. The number of hydrogen-bond donors (Lipinski definition) is 2. The van der Waals surface area contributed by atoms with Crippen LogP contribution in [0, 0.1) is 0 Å². The normalized spacial score (nSPS) is 13.3. The molecule has 0 saturated heterocycles. The lowest BCUT2D eigenvalue weighted by Crippen LogP contribution is -2.19. The summed E-state index contributed by atoms with van der Waals surface area (Å²) in [5, 5.41) is 9.44. The Hall–Kier alpha value is -0.130. The molecule has 0 aromatic heterocycles. The fraction of sp³-hybridized carbons (Fsp3) is 1.00. The van der Waals surface area contributed by atoms with Crippen molar-refractivity contribution in [2.75, 3.05) is 5.75 Å². The van der Waals surface area contributed by atoms with Crippen molar-refractivity contribution in [2.45, 2.75) is 109 Å². The number of aliphatic hydroxyl groups is 1. The van der Waals surface area contributed by atoms with Crippen molar-refractivity contribution in [1.29, 1.82) is 0 Å². The van der Waals surface area contributed by atoms with E-state index in [1.807, 2.05) is 0 Å². The summed E-state index contributed by atoms with van der Waals surface area (Å²) in [5.41, 5.74) is 0. The fourth-order valence-corrected chi connectivity index (χ4v) is 3.55. The van der Waals surface area contributed by atoms with Crippen molar-refractivity contribution in [3.05, 3.63) is 0 Å². The van der Waals surface area contributed by atoms with E-state index < -0.39 is 22.0 Å². The molecule has 0 aliphatic carbocycles.